The highest BCUT2D eigenvalue weighted by Crippen LogP contribution is 2.34. The van der Waals surface area contributed by atoms with Crippen molar-refractivity contribution < 1.29 is 33.0 Å². The second-order valence-corrected chi connectivity index (χ2v) is 7.22. The van der Waals surface area contributed by atoms with Gasteiger partial charge in [0.2, 0.25) is 0 Å². The number of alkyl carbamates (subject to hydrolysis) is 1. The average molecular weight is 418 g/mol. The van der Waals surface area contributed by atoms with Gasteiger partial charge in [-0.2, -0.15) is 0 Å². The van der Waals surface area contributed by atoms with Gasteiger partial charge in [-0.25, -0.2) is 18.8 Å². The molecule has 0 saturated heterocycles. The van der Waals surface area contributed by atoms with E-state index in [0.29, 0.717) is 5.02 Å². The molecule has 1 aromatic carbocycles. The fraction of sp³-hybridized carbons (Fsp3) is 0.526. The highest BCUT2D eigenvalue weighted by Gasteiger charge is 2.58. The molecule has 28 heavy (non-hydrogen) atoms. The van der Waals surface area contributed by atoms with Gasteiger partial charge >= 0.3 is 23.7 Å². The van der Waals surface area contributed by atoms with Crippen molar-refractivity contribution in [2.75, 3.05) is 13.2 Å². The van der Waals surface area contributed by atoms with Gasteiger partial charge in [0.1, 0.15) is 11.6 Å². The number of esters is 2. The lowest BCUT2D eigenvalue weighted by Crippen LogP contribution is -2.55. The van der Waals surface area contributed by atoms with E-state index in [9.17, 15) is 14.4 Å². The van der Waals surface area contributed by atoms with Gasteiger partial charge < -0.3 is 19.5 Å². The van der Waals surface area contributed by atoms with Crippen LogP contribution >= 0.6 is 11.6 Å². The molecular formula is C19H25ClFNO6. The minimum absolute atomic E-state index is 0.0962. The van der Waals surface area contributed by atoms with Crippen molar-refractivity contribution in [3.05, 3.63) is 34.9 Å². The van der Waals surface area contributed by atoms with Gasteiger partial charge in [0, 0.05) is 5.02 Å². The first-order chi connectivity index (χ1) is 13.0. The number of benzene rings is 1. The van der Waals surface area contributed by atoms with Gasteiger partial charge in [-0.3, -0.25) is 0 Å². The molecule has 0 spiro atoms. The molecule has 0 radical (unpaired) electrons. The Kier molecular flexibility index (Phi) is 8.23. The number of alkyl halides is 1. The molecule has 0 unspecified atom stereocenters. The standard InChI is InChI=1S/C19H25ClFNO6/c1-6-26-15(23)19(21,16(24)27-7-2)14(12-8-10-13(20)11-9-12)22-17(25)28-18(3,4)5/h8-11,14H,6-7H2,1-5H3,(H,22,25)/t14-/m1/s1. The molecule has 0 bridgehead atoms. The van der Waals surface area contributed by atoms with Crippen molar-refractivity contribution in [2.24, 2.45) is 0 Å². The molecule has 1 aromatic rings. The van der Waals surface area contributed by atoms with E-state index < -0.39 is 35.3 Å². The summed E-state index contributed by atoms with van der Waals surface area (Å²) in [5.74, 6) is -2.96. The zero-order valence-corrected chi connectivity index (χ0v) is 17.3. The number of halogens is 2. The van der Waals surface area contributed by atoms with Crippen LogP contribution in [0.1, 0.15) is 46.2 Å². The maximum atomic E-state index is 15.9. The molecule has 9 heteroatoms. The number of carbonyl (C=O) groups excluding carboxylic acids is 3. The monoisotopic (exact) mass is 417 g/mol. The van der Waals surface area contributed by atoms with Crippen molar-refractivity contribution in [3.8, 4) is 0 Å². The quantitative estimate of drug-likeness (QED) is 0.413. The van der Waals surface area contributed by atoms with Crippen LogP contribution in [0.25, 0.3) is 0 Å². The molecule has 1 atom stereocenters. The second kappa shape index (κ2) is 9.73. The van der Waals surface area contributed by atoms with Crippen LogP contribution in [0.5, 0.6) is 0 Å². The van der Waals surface area contributed by atoms with Gasteiger partial charge in [-0.05, 0) is 52.3 Å². The van der Waals surface area contributed by atoms with Crippen LogP contribution in [0.4, 0.5) is 9.18 Å². The molecule has 1 N–H and O–H groups in total. The molecule has 0 saturated carbocycles. The Hall–Kier alpha value is -2.35. The molecule has 7 nitrogen and oxygen atoms in total. The molecule has 1 amide bonds. The Morgan fingerprint density at radius 1 is 1.04 bits per heavy atom. The summed E-state index contributed by atoms with van der Waals surface area (Å²) in [4.78, 5) is 37.1. The molecule has 0 aliphatic heterocycles. The van der Waals surface area contributed by atoms with E-state index in [1.807, 2.05) is 0 Å². The van der Waals surface area contributed by atoms with E-state index in [1.54, 1.807) is 20.8 Å². The Balaban J connectivity index is 3.45. The zero-order chi connectivity index (χ0) is 21.5. The third kappa shape index (κ3) is 6.09. The summed E-state index contributed by atoms with van der Waals surface area (Å²) in [6.07, 6.45) is -1.02. The van der Waals surface area contributed by atoms with E-state index in [1.165, 1.54) is 38.1 Å². The van der Waals surface area contributed by atoms with Crippen LogP contribution in [0.2, 0.25) is 5.02 Å². The number of hydrogen-bond donors (Lipinski definition) is 1. The molecule has 0 aromatic heterocycles. The van der Waals surface area contributed by atoms with Crippen LogP contribution in [0.3, 0.4) is 0 Å². The molecule has 1 rings (SSSR count). The lowest BCUT2D eigenvalue weighted by molar-refractivity contribution is -0.177. The van der Waals surface area contributed by atoms with Gasteiger partial charge in [-0.15, -0.1) is 0 Å². The largest absolute Gasteiger partial charge is 0.463 e. The molecule has 0 aliphatic carbocycles. The molecule has 0 aliphatic rings. The van der Waals surface area contributed by atoms with Crippen molar-refractivity contribution in [2.45, 2.75) is 51.9 Å². The lowest BCUT2D eigenvalue weighted by Gasteiger charge is -2.31. The van der Waals surface area contributed by atoms with Crippen LogP contribution in [-0.2, 0) is 23.8 Å². The van der Waals surface area contributed by atoms with E-state index >= 15 is 4.39 Å². The highest BCUT2D eigenvalue weighted by molar-refractivity contribution is 6.30. The highest BCUT2D eigenvalue weighted by atomic mass is 35.5. The SMILES string of the molecule is CCOC(=O)C(F)(C(=O)OCC)[C@H](NC(=O)OC(C)(C)C)c1ccc(Cl)cc1. The fourth-order valence-electron chi connectivity index (χ4n) is 2.28. The van der Waals surface area contributed by atoms with Crippen molar-refractivity contribution in [3.63, 3.8) is 0 Å². The number of nitrogens with one attached hydrogen (secondary N) is 1. The minimum Gasteiger partial charge on any atom is -0.463 e. The summed E-state index contributed by atoms with van der Waals surface area (Å²) in [6, 6.07) is 3.83. The van der Waals surface area contributed by atoms with Crippen LogP contribution < -0.4 is 5.32 Å². The smallest absolute Gasteiger partial charge is 0.408 e. The van der Waals surface area contributed by atoms with Crippen molar-refractivity contribution >= 4 is 29.6 Å². The Bertz CT molecular complexity index is 683. The average Bonchev–Trinajstić information content (AvgIpc) is 2.58. The number of ether oxygens (including phenoxy) is 3. The number of rotatable bonds is 7. The first-order valence-corrected chi connectivity index (χ1v) is 9.11. The van der Waals surface area contributed by atoms with Gasteiger partial charge in [0.05, 0.1) is 13.2 Å². The number of amides is 1. The van der Waals surface area contributed by atoms with Crippen LogP contribution in [-0.4, -0.2) is 42.5 Å². The van der Waals surface area contributed by atoms with Gasteiger partial charge in [-0.1, -0.05) is 23.7 Å². The summed E-state index contributed by atoms with van der Waals surface area (Å²) in [7, 11) is 0. The van der Waals surface area contributed by atoms with Gasteiger partial charge in [0.15, 0.2) is 0 Å². The Morgan fingerprint density at radius 3 is 1.89 bits per heavy atom. The summed E-state index contributed by atoms with van der Waals surface area (Å²) in [5, 5.41) is 2.59. The Labute approximate surface area is 168 Å². The molecule has 156 valence electrons. The van der Waals surface area contributed by atoms with E-state index in [2.05, 4.69) is 5.32 Å². The van der Waals surface area contributed by atoms with Crippen LogP contribution in [0.15, 0.2) is 24.3 Å². The summed E-state index contributed by atoms with van der Waals surface area (Å²) in [5.41, 5.74) is -4.13. The normalized spacial score (nSPS) is 12.7. The zero-order valence-electron chi connectivity index (χ0n) is 16.5. The number of carbonyl (C=O) groups is 3. The van der Waals surface area contributed by atoms with Gasteiger partial charge in [0.25, 0.3) is 0 Å². The van der Waals surface area contributed by atoms with E-state index in [-0.39, 0.29) is 18.8 Å². The predicted molar refractivity (Wildman–Crippen MR) is 101 cm³/mol. The first-order valence-electron chi connectivity index (χ1n) is 8.74. The second-order valence-electron chi connectivity index (χ2n) is 6.78. The fourth-order valence-corrected chi connectivity index (χ4v) is 2.41. The Morgan fingerprint density at radius 2 is 1.50 bits per heavy atom. The first kappa shape index (κ1) is 23.7. The van der Waals surface area contributed by atoms with Crippen molar-refractivity contribution in [1.82, 2.24) is 5.32 Å². The molecular weight excluding hydrogens is 393 g/mol. The summed E-state index contributed by atoms with van der Waals surface area (Å²) >= 11 is 5.86. The minimum atomic E-state index is -3.34. The summed E-state index contributed by atoms with van der Waals surface area (Å²) in [6.45, 7) is 7.41. The number of hydrogen-bond acceptors (Lipinski definition) is 6. The van der Waals surface area contributed by atoms with E-state index in [0.717, 1.165) is 0 Å². The van der Waals surface area contributed by atoms with E-state index in [4.69, 9.17) is 25.8 Å². The maximum absolute atomic E-state index is 15.9. The lowest BCUT2D eigenvalue weighted by atomic mass is 9.90. The maximum Gasteiger partial charge on any atom is 0.408 e. The van der Waals surface area contributed by atoms with Crippen LogP contribution in [0, 0.1) is 0 Å². The third-order valence-corrected chi connectivity index (χ3v) is 3.66. The molecule has 0 fully saturated rings. The third-order valence-electron chi connectivity index (χ3n) is 3.41. The molecule has 0 heterocycles. The predicted octanol–water partition coefficient (Wildman–Crippen LogP) is 3.74. The topological polar surface area (TPSA) is 90.9 Å². The summed E-state index contributed by atoms with van der Waals surface area (Å²) < 4.78 is 30.6. The van der Waals surface area contributed by atoms with Crippen molar-refractivity contribution in [1.29, 1.82) is 0 Å².